The van der Waals surface area contributed by atoms with Gasteiger partial charge in [-0.15, -0.1) is 0 Å². The Morgan fingerprint density at radius 1 is 1.27 bits per heavy atom. The molecular weight excluding hydrogens is 138 g/mol. The summed E-state index contributed by atoms with van der Waals surface area (Å²) in [6, 6.07) is 1.92. The van der Waals surface area contributed by atoms with Crippen molar-refractivity contribution in [2.45, 2.75) is 13.8 Å². The molecule has 0 fully saturated rings. The van der Waals surface area contributed by atoms with Gasteiger partial charge in [0, 0.05) is 11.4 Å². The van der Waals surface area contributed by atoms with Crippen LogP contribution in [0.1, 0.15) is 17.2 Å². The van der Waals surface area contributed by atoms with Crippen LogP contribution in [-0.2, 0) is 0 Å². The molecule has 0 spiro atoms. The van der Waals surface area contributed by atoms with Crippen LogP contribution in [0.3, 0.4) is 0 Å². The van der Waals surface area contributed by atoms with E-state index in [1.165, 1.54) is 6.20 Å². The molecule has 0 unspecified atom stereocenters. The predicted octanol–water partition coefficient (Wildman–Crippen LogP) is 1.02. The molecule has 0 atom stereocenters. The third-order valence-electron chi connectivity index (χ3n) is 1.24. The van der Waals surface area contributed by atoms with E-state index >= 15 is 0 Å². The van der Waals surface area contributed by atoms with Crippen LogP contribution in [0.5, 0.6) is 0 Å². The van der Waals surface area contributed by atoms with Gasteiger partial charge in [-0.05, 0) is 32.2 Å². The lowest BCUT2D eigenvalue weighted by molar-refractivity contribution is 1.03. The molecule has 0 aliphatic carbocycles. The quantitative estimate of drug-likeness (QED) is 0.648. The molecule has 0 aliphatic heterocycles. The number of hydrogen-bond acceptors (Lipinski definition) is 3. The second-order valence-electron chi connectivity index (χ2n) is 2.37. The average molecular weight is 149 g/mol. The SMILES string of the molecule is Cc1cc(C)nc(C=CN)n1. The maximum Gasteiger partial charge on any atom is 0.153 e. The lowest BCUT2D eigenvalue weighted by Gasteiger charge is -1.96. The summed E-state index contributed by atoms with van der Waals surface area (Å²) in [5.74, 6) is 0.671. The number of aryl methyl sites for hydroxylation is 2. The number of nitrogens with two attached hydrogens (primary N) is 1. The van der Waals surface area contributed by atoms with E-state index in [2.05, 4.69) is 9.97 Å². The van der Waals surface area contributed by atoms with Crippen LogP contribution < -0.4 is 5.73 Å². The van der Waals surface area contributed by atoms with Crippen molar-refractivity contribution in [3.8, 4) is 0 Å². The Morgan fingerprint density at radius 2 is 1.82 bits per heavy atom. The molecule has 1 aromatic rings. The maximum atomic E-state index is 5.20. The Hall–Kier alpha value is -1.38. The number of hydrogen-bond donors (Lipinski definition) is 1. The number of aromatic nitrogens is 2. The first kappa shape index (κ1) is 7.72. The van der Waals surface area contributed by atoms with Crippen LogP contribution in [0.15, 0.2) is 12.3 Å². The molecule has 2 N–H and O–H groups in total. The topological polar surface area (TPSA) is 51.8 Å². The van der Waals surface area contributed by atoms with Gasteiger partial charge < -0.3 is 5.73 Å². The summed E-state index contributed by atoms with van der Waals surface area (Å²) in [6.07, 6.45) is 3.12. The second-order valence-corrected chi connectivity index (χ2v) is 2.37. The summed E-state index contributed by atoms with van der Waals surface area (Å²) in [7, 11) is 0. The van der Waals surface area contributed by atoms with Crippen molar-refractivity contribution in [2.75, 3.05) is 0 Å². The van der Waals surface area contributed by atoms with Crippen LogP contribution in [0, 0.1) is 13.8 Å². The van der Waals surface area contributed by atoms with Crippen LogP contribution in [0.4, 0.5) is 0 Å². The van der Waals surface area contributed by atoms with Gasteiger partial charge in [0.05, 0.1) is 0 Å². The lowest BCUT2D eigenvalue weighted by atomic mass is 10.3. The fraction of sp³-hybridized carbons (Fsp3) is 0.250. The largest absolute Gasteiger partial charge is 0.404 e. The first-order chi connectivity index (χ1) is 5.22. The molecule has 3 heteroatoms. The summed E-state index contributed by atoms with van der Waals surface area (Å²) >= 11 is 0. The van der Waals surface area contributed by atoms with E-state index in [-0.39, 0.29) is 0 Å². The molecule has 58 valence electrons. The van der Waals surface area contributed by atoms with Gasteiger partial charge in [-0.1, -0.05) is 0 Å². The second kappa shape index (κ2) is 3.14. The van der Waals surface area contributed by atoms with Crippen LogP contribution >= 0.6 is 0 Å². The normalized spacial score (nSPS) is 10.7. The molecule has 0 saturated carbocycles. The standard InChI is InChI=1S/C8H11N3/c1-6-5-7(2)11-8(10-6)3-4-9/h3-5H,9H2,1-2H3. The summed E-state index contributed by atoms with van der Waals surface area (Å²) in [5, 5.41) is 0. The van der Waals surface area contributed by atoms with E-state index in [4.69, 9.17) is 5.73 Å². The van der Waals surface area contributed by atoms with Crippen molar-refractivity contribution >= 4 is 6.08 Å². The lowest BCUT2D eigenvalue weighted by Crippen LogP contribution is -1.93. The van der Waals surface area contributed by atoms with E-state index in [1.54, 1.807) is 6.08 Å². The monoisotopic (exact) mass is 149 g/mol. The summed E-state index contributed by atoms with van der Waals surface area (Å²) in [4.78, 5) is 8.29. The van der Waals surface area contributed by atoms with E-state index < -0.39 is 0 Å². The van der Waals surface area contributed by atoms with Gasteiger partial charge in [-0.3, -0.25) is 0 Å². The molecule has 0 bridgehead atoms. The highest BCUT2D eigenvalue weighted by Gasteiger charge is 1.93. The van der Waals surface area contributed by atoms with Crippen LogP contribution in [0.2, 0.25) is 0 Å². The van der Waals surface area contributed by atoms with E-state index in [1.807, 2.05) is 19.9 Å². The van der Waals surface area contributed by atoms with Crippen molar-refractivity contribution in [3.63, 3.8) is 0 Å². The van der Waals surface area contributed by atoms with Crippen molar-refractivity contribution in [1.82, 2.24) is 9.97 Å². The molecule has 1 heterocycles. The fourth-order valence-corrected chi connectivity index (χ4v) is 0.914. The molecule has 0 amide bonds. The molecule has 0 radical (unpaired) electrons. The maximum absolute atomic E-state index is 5.20. The van der Waals surface area contributed by atoms with Gasteiger partial charge in [0.2, 0.25) is 0 Å². The minimum Gasteiger partial charge on any atom is -0.404 e. The van der Waals surface area contributed by atoms with Crippen molar-refractivity contribution in [3.05, 3.63) is 29.5 Å². The van der Waals surface area contributed by atoms with Gasteiger partial charge in [-0.2, -0.15) is 0 Å². The van der Waals surface area contributed by atoms with Gasteiger partial charge in [0.25, 0.3) is 0 Å². The Bertz CT molecular complexity index is 258. The van der Waals surface area contributed by atoms with E-state index in [9.17, 15) is 0 Å². The summed E-state index contributed by atoms with van der Waals surface area (Å²) < 4.78 is 0. The van der Waals surface area contributed by atoms with Gasteiger partial charge in [0.1, 0.15) is 0 Å². The molecule has 1 aromatic heterocycles. The molecular formula is C8H11N3. The average Bonchev–Trinajstić information content (AvgIpc) is 1.85. The molecule has 0 aromatic carbocycles. The van der Waals surface area contributed by atoms with Gasteiger partial charge in [-0.25, -0.2) is 9.97 Å². The predicted molar refractivity (Wildman–Crippen MR) is 44.7 cm³/mol. The third-order valence-corrected chi connectivity index (χ3v) is 1.24. The minimum atomic E-state index is 0.671. The molecule has 0 aliphatic rings. The summed E-state index contributed by atoms with van der Waals surface area (Å²) in [6.45, 7) is 3.87. The highest BCUT2D eigenvalue weighted by Crippen LogP contribution is 1.99. The molecule has 3 nitrogen and oxygen atoms in total. The van der Waals surface area contributed by atoms with Crippen LogP contribution in [0.25, 0.3) is 6.08 Å². The smallest absolute Gasteiger partial charge is 0.153 e. The van der Waals surface area contributed by atoms with Crippen molar-refractivity contribution in [2.24, 2.45) is 5.73 Å². The van der Waals surface area contributed by atoms with Gasteiger partial charge in [0.15, 0.2) is 5.82 Å². The highest BCUT2D eigenvalue weighted by molar-refractivity contribution is 5.39. The zero-order chi connectivity index (χ0) is 8.27. The highest BCUT2D eigenvalue weighted by atomic mass is 14.9. The van der Waals surface area contributed by atoms with Crippen molar-refractivity contribution < 1.29 is 0 Å². The van der Waals surface area contributed by atoms with Crippen LogP contribution in [-0.4, -0.2) is 9.97 Å². The minimum absolute atomic E-state index is 0.671. The van der Waals surface area contributed by atoms with Crippen molar-refractivity contribution in [1.29, 1.82) is 0 Å². The molecule has 11 heavy (non-hydrogen) atoms. The zero-order valence-corrected chi connectivity index (χ0v) is 6.70. The number of rotatable bonds is 1. The molecule has 1 rings (SSSR count). The fourth-order valence-electron chi connectivity index (χ4n) is 0.914. The first-order valence-corrected chi connectivity index (χ1v) is 3.43. The molecule has 0 saturated heterocycles. The Morgan fingerprint density at radius 3 is 2.27 bits per heavy atom. The zero-order valence-electron chi connectivity index (χ0n) is 6.70. The number of nitrogens with zero attached hydrogens (tertiary/aromatic N) is 2. The summed E-state index contributed by atoms with van der Waals surface area (Å²) in [5.41, 5.74) is 7.13. The van der Waals surface area contributed by atoms with E-state index in [0.717, 1.165) is 11.4 Å². The van der Waals surface area contributed by atoms with E-state index in [0.29, 0.717) is 5.82 Å². The third kappa shape index (κ3) is 2.04. The Labute approximate surface area is 66.0 Å². The Balaban J connectivity index is 3.08. The Kier molecular flexibility index (Phi) is 2.21. The first-order valence-electron chi connectivity index (χ1n) is 3.43. The van der Waals surface area contributed by atoms with Gasteiger partial charge >= 0.3 is 0 Å².